The van der Waals surface area contributed by atoms with Gasteiger partial charge in [0.05, 0.1) is 5.69 Å². The van der Waals surface area contributed by atoms with E-state index >= 15 is 0 Å². The van der Waals surface area contributed by atoms with Crippen LogP contribution in [0.1, 0.15) is 46.6 Å². The predicted molar refractivity (Wildman–Crippen MR) is 106 cm³/mol. The fourth-order valence-corrected chi connectivity index (χ4v) is 4.14. The third-order valence-corrected chi connectivity index (χ3v) is 6.05. The van der Waals surface area contributed by atoms with Crippen molar-refractivity contribution in [1.82, 2.24) is 19.8 Å². The number of rotatable bonds is 6. The first kappa shape index (κ1) is 19.8. The zero-order valence-electron chi connectivity index (χ0n) is 15.3. The molecule has 0 spiro atoms. The van der Waals surface area contributed by atoms with E-state index in [2.05, 4.69) is 14.9 Å². The number of carbonyl (C=O) groups is 2. The Morgan fingerprint density at radius 1 is 1.37 bits per heavy atom. The summed E-state index contributed by atoms with van der Waals surface area (Å²) in [6.07, 6.45) is 3.24. The second-order valence-corrected chi connectivity index (χ2v) is 8.02. The minimum atomic E-state index is 0.00960. The summed E-state index contributed by atoms with van der Waals surface area (Å²) in [4.78, 5) is 27.3. The van der Waals surface area contributed by atoms with Gasteiger partial charge in [-0.3, -0.25) is 9.59 Å². The molecule has 1 aromatic heterocycles. The Morgan fingerprint density at radius 3 is 2.93 bits per heavy atom. The highest BCUT2D eigenvalue weighted by Gasteiger charge is 2.27. The quantitative estimate of drug-likeness (QED) is 0.797. The van der Waals surface area contributed by atoms with Crippen molar-refractivity contribution in [3.63, 3.8) is 0 Å². The highest BCUT2D eigenvalue weighted by atomic mass is 35.5. The summed E-state index contributed by atoms with van der Waals surface area (Å²) in [6.45, 7) is 3.69. The van der Waals surface area contributed by atoms with Gasteiger partial charge in [0.15, 0.2) is 0 Å². The van der Waals surface area contributed by atoms with E-state index in [1.807, 2.05) is 36.1 Å². The number of likely N-dealkylation sites (tertiary alicyclic amines) is 1. The van der Waals surface area contributed by atoms with Crippen molar-refractivity contribution in [2.45, 2.75) is 39.2 Å². The third-order valence-electron chi connectivity index (χ3n) is 4.87. The van der Waals surface area contributed by atoms with Crippen LogP contribution in [0.2, 0.25) is 5.02 Å². The first-order valence-corrected chi connectivity index (χ1v) is 10.3. The molecule has 27 heavy (non-hydrogen) atoms. The molecule has 1 aliphatic rings. The van der Waals surface area contributed by atoms with Crippen LogP contribution in [-0.2, 0) is 11.3 Å². The lowest BCUT2D eigenvalue weighted by Crippen LogP contribution is -2.40. The molecule has 1 aromatic carbocycles. The van der Waals surface area contributed by atoms with Crippen LogP contribution in [0.15, 0.2) is 24.3 Å². The summed E-state index contributed by atoms with van der Waals surface area (Å²) < 4.78 is 3.85. The van der Waals surface area contributed by atoms with Gasteiger partial charge in [0.2, 0.25) is 5.91 Å². The molecule has 1 fully saturated rings. The van der Waals surface area contributed by atoms with Crippen molar-refractivity contribution >= 4 is 34.9 Å². The maximum Gasteiger partial charge on any atom is 0.267 e. The number of amides is 2. The molecule has 6 nitrogen and oxygen atoms in total. The highest BCUT2D eigenvalue weighted by Crippen LogP contribution is 2.24. The highest BCUT2D eigenvalue weighted by molar-refractivity contribution is 7.07. The van der Waals surface area contributed by atoms with Crippen molar-refractivity contribution in [3.05, 3.63) is 45.4 Å². The van der Waals surface area contributed by atoms with Gasteiger partial charge in [-0.2, -0.15) is 0 Å². The van der Waals surface area contributed by atoms with Crippen LogP contribution in [0, 0.1) is 12.8 Å². The number of hydrogen-bond donors (Lipinski definition) is 1. The molecule has 0 bridgehead atoms. The molecular weight excluding hydrogens is 384 g/mol. The number of aryl methyl sites for hydroxylation is 1. The lowest BCUT2D eigenvalue weighted by atomic mass is 9.93. The number of nitrogens with zero attached hydrogens (tertiary/aromatic N) is 3. The van der Waals surface area contributed by atoms with E-state index in [9.17, 15) is 9.59 Å². The molecule has 2 heterocycles. The molecule has 0 unspecified atom stereocenters. The fourth-order valence-electron chi connectivity index (χ4n) is 3.32. The van der Waals surface area contributed by atoms with Gasteiger partial charge in [-0.25, -0.2) is 0 Å². The Hall–Kier alpha value is -1.99. The maximum absolute atomic E-state index is 12.6. The SMILES string of the molecule is Cc1nnsc1C(=O)N1CCC[C@H](CCC(=O)NCc2ccccc2Cl)C1. The molecule has 2 amide bonds. The van der Waals surface area contributed by atoms with Crippen LogP contribution >= 0.6 is 23.1 Å². The number of hydrogen-bond acceptors (Lipinski definition) is 5. The van der Waals surface area contributed by atoms with Gasteiger partial charge in [0.1, 0.15) is 4.88 Å². The zero-order chi connectivity index (χ0) is 19.2. The average molecular weight is 407 g/mol. The number of carbonyl (C=O) groups excluding carboxylic acids is 2. The van der Waals surface area contributed by atoms with Gasteiger partial charge in [-0.15, -0.1) is 5.10 Å². The van der Waals surface area contributed by atoms with Crippen molar-refractivity contribution in [2.24, 2.45) is 5.92 Å². The van der Waals surface area contributed by atoms with Crippen molar-refractivity contribution in [2.75, 3.05) is 13.1 Å². The van der Waals surface area contributed by atoms with Gasteiger partial charge in [-0.05, 0) is 55.3 Å². The van der Waals surface area contributed by atoms with Gasteiger partial charge >= 0.3 is 0 Å². The Labute approximate surface area is 168 Å². The van der Waals surface area contributed by atoms with E-state index in [1.165, 1.54) is 0 Å². The van der Waals surface area contributed by atoms with Crippen molar-refractivity contribution < 1.29 is 9.59 Å². The minimum absolute atomic E-state index is 0.00960. The molecule has 0 aliphatic carbocycles. The summed E-state index contributed by atoms with van der Waals surface area (Å²) in [7, 11) is 0. The molecular formula is C19H23ClN4O2S. The molecule has 1 saturated heterocycles. The maximum atomic E-state index is 12.6. The average Bonchev–Trinajstić information content (AvgIpc) is 3.11. The third kappa shape index (κ3) is 5.26. The molecule has 144 valence electrons. The summed E-state index contributed by atoms with van der Waals surface area (Å²) in [5.74, 6) is 0.367. The Balaban J connectivity index is 1.45. The van der Waals surface area contributed by atoms with Crippen molar-refractivity contribution in [3.8, 4) is 0 Å². The first-order valence-electron chi connectivity index (χ1n) is 9.13. The molecule has 3 rings (SSSR count). The van der Waals surface area contributed by atoms with Crippen LogP contribution < -0.4 is 5.32 Å². The van der Waals surface area contributed by atoms with E-state index in [0.29, 0.717) is 41.0 Å². The number of nitrogens with one attached hydrogen (secondary N) is 1. The predicted octanol–water partition coefficient (Wildman–Crippen LogP) is 3.45. The van der Waals surface area contributed by atoms with E-state index in [-0.39, 0.29) is 11.8 Å². The van der Waals surface area contributed by atoms with Gasteiger partial charge in [0, 0.05) is 31.1 Å². The van der Waals surface area contributed by atoms with Crippen LogP contribution in [0.4, 0.5) is 0 Å². The van der Waals surface area contributed by atoms with E-state index in [0.717, 1.165) is 42.9 Å². The fraction of sp³-hybridized carbons (Fsp3) is 0.474. The Kier molecular flexibility index (Phi) is 6.79. The van der Waals surface area contributed by atoms with Gasteiger partial charge in [-0.1, -0.05) is 34.3 Å². The Bertz CT molecular complexity index is 811. The molecule has 0 radical (unpaired) electrons. The van der Waals surface area contributed by atoms with E-state index in [4.69, 9.17) is 11.6 Å². The molecule has 1 atom stereocenters. The smallest absolute Gasteiger partial charge is 0.267 e. The first-order chi connectivity index (χ1) is 13.0. The lowest BCUT2D eigenvalue weighted by molar-refractivity contribution is -0.121. The monoisotopic (exact) mass is 406 g/mol. The van der Waals surface area contributed by atoms with Crippen LogP contribution in [0.3, 0.4) is 0 Å². The summed E-state index contributed by atoms with van der Waals surface area (Å²) in [6, 6.07) is 7.50. The molecule has 2 aromatic rings. The molecule has 1 N–H and O–H groups in total. The Morgan fingerprint density at radius 2 is 2.19 bits per heavy atom. The van der Waals surface area contributed by atoms with E-state index < -0.39 is 0 Å². The second kappa shape index (κ2) is 9.28. The molecule has 1 aliphatic heterocycles. The standard InChI is InChI=1S/C19H23ClN4O2S/c1-13-18(27-23-22-13)19(26)24-10-4-5-14(12-24)8-9-17(25)21-11-15-6-2-3-7-16(15)20/h2-3,6-7,14H,4-5,8-12H2,1H3,(H,21,25)/t14-/m1/s1. The van der Waals surface area contributed by atoms with E-state index in [1.54, 1.807) is 0 Å². The zero-order valence-corrected chi connectivity index (χ0v) is 16.9. The minimum Gasteiger partial charge on any atom is -0.352 e. The van der Waals surface area contributed by atoms with Gasteiger partial charge < -0.3 is 10.2 Å². The van der Waals surface area contributed by atoms with Crippen molar-refractivity contribution in [1.29, 1.82) is 0 Å². The second-order valence-electron chi connectivity index (χ2n) is 6.85. The lowest BCUT2D eigenvalue weighted by Gasteiger charge is -2.32. The largest absolute Gasteiger partial charge is 0.352 e. The number of aromatic nitrogens is 2. The normalized spacial score (nSPS) is 17.0. The van der Waals surface area contributed by atoms with Crippen LogP contribution in [0.5, 0.6) is 0 Å². The molecule has 0 saturated carbocycles. The topological polar surface area (TPSA) is 75.2 Å². The molecule has 8 heteroatoms. The number of halogens is 1. The summed E-state index contributed by atoms with van der Waals surface area (Å²) >= 11 is 7.26. The summed E-state index contributed by atoms with van der Waals surface area (Å²) in [5.41, 5.74) is 1.60. The van der Waals surface area contributed by atoms with Gasteiger partial charge in [0.25, 0.3) is 5.91 Å². The van der Waals surface area contributed by atoms with Crippen LogP contribution in [-0.4, -0.2) is 39.4 Å². The number of benzene rings is 1. The number of piperidine rings is 1. The van der Waals surface area contributed by atoms with Crippen LogP contribution in [0.25, 0.3) is 0 Å². The summed E-state index contributed by atoms with van der Waals surface area (Å²) in [5, 5.41) is 7.51.